The molecular weight excluding hydrogens is 1310 g/mol. The van der Waals surface area contributed by atoms with E-state index in [0.717, 1.165) is 75.8 Å². The molecule has 0 fully saturated rings. The van der Waals surface area contributed by atoms with E-state index < -0.39 is 13.7 Å². The van der Waals surface area contributed by atoms with Gasteiger partial charge in [0.25, 0.3) is 0 Å². The van der Waals surface area contributed by atoms with Crippen molar-refractivity contribution >= 4 is 79.7 Å². The van der Waals surface area contributed by atoms with E-state index in [1.54, 1.807) is 19.5 Å². The zero-order chi connectivity index (χ0) is 74.1. The highest BCUT2D eigenvalue weighted by Gasteiger charge is 2.38. The average molecular weight is 1420 g/mol. The fourth-order valence-electron chi connectivity index (χ4n) is 15.5. The van der Waals surface area contributed by atoms with E-state index in [-0.39, 0.29) is 17.9 Å². The van der Waals surface area contributed by atoms with Crippen molar-refractivity contribution in [3.05, 3.63) is 258 Å². The van der Waals surface area contributed by atoms with Crippen molar-refractivity contribution in [1.29, 1.82) is 5.26 Å². The highest BCUT2D eigenvalue weighted by atomic mass is 16.5. The first-order valence-corrected chi connectivity index (χ1v) is 39.4. The number of hydrogen-bond acceptors (Lipinski definition) is 9. The summed E-state index contributed by atoms with van der Waals surface area (Å²) in [5, 5.41) is 25.7. The first-order valence-electron chi connectivity index (χ1n) is 39.4. The summed E-state index contributed by atoms with van der Waals surface area (Å²) >= 11 is 0. The van der Waals surface area contributed by atoms with Gasteiger partial charge in [-0.05, 0) is 85.2 Å². The molecule has 0 amide bonds. The van der Waals surface area contributed by atoms with Crippen molar-refractivity contribution in [3.63, 3.8) is 0 Å². The topological polar surface area (TPSA) is 137 Å². The fourth-order valence-corrected chi connectivity index (χ4v) is 15.5. The van der Waals surface area contributed by atoms with Gasteiger partial charge in [0, 0.05) is 50.9 Å². The van der Waals surface area contributed by atoms with Gasteiger partial charge in [-0.25, -0.2) is 9.83 Å². The molecule has 12 rings (SSSR count). The zero-order valence-electron chi connectivity index (χ0n) is 63.3. The molecule has 1 N–H and O–H groups in total. The SMILES string of the molecule is [C-]#[N+]/C(c1cnc2cc(CO)ccc2n1)=c1\c2c(-c3cccc(OCC(C)CCCCCCCC)c3)n(B(c3ccccc3)c3ccccc3)/c(=C(/C#N)c3cnc4cc(OC)ccc4n3)c2c(-c2cccc(OCC(CCCCCCCC)CCCCCCCC)c2)n1B(c1ccccc1)c1ccccc1. The molecule has 4 aromatic heterocycles. The van der Waals surface area contributed by atoms with Crippen molar-refractivity contribution < 1.29 is 19.3 Å². The summed E-state index contributed by atoms with van der Waals surface area (Å²) in [7, 11) is 1.64. The molecule has 8 aromatic carbocycles. The largest absolute Gasteiger partial charge is 0.497 e. The molecule has 14 heteroatoms. The molecule has 0 aliphatic heterocycles. The van der Waals surface area contributed by atoms with Crippen LogP contribution in [0.1, 0.15) is 179 Å². The van der Waals surface area contributed by atoms with E-state index in [1.807, 2.05) is 66.7 Å². The smallest absolute Gasteiger partial charge is 0.328 e. The third-order valence-corrected chi connectivity index (χ3v) is 21.1. The molecule has 12 aromatic rings. The number of methoxy groups -OCH3 is 1. The monoisotopic (exact) mass is 1420 g/mol. The normalized spacial score (nSPS) is 12.3. The lowest BCUT2D eigenvalue weighted by atomic mass is 9.50. The van der Waals surface area contributed by atoms with Crippen LogP contribution in [0.2, 0.25) is 0 Å². The lowest BCUT2D eigenvalue weighted by Crippen LogP contribution is -2.54. The predicted molar refractivity (Wildman–Crippen MR) is 443 cm³/mol. The minimum Gasteiger partial charge on any atom is -0.497 e. The summed E-state index contributed by atoms with van der Waals surface area (Å²) < 4.78 is 24.7. The van der Waals surface area contributed by atoms with Gasteiger partial charge < -0.3 is 28.3 Å². The maximum Gasteiger partial charge on any atom is 0.328 e. The van der Waals surface area contributed by atoms with Crippen molar-refractivity contribution in [2.45, 2.75) is 169 Å². The Kier molecular flexibility index (Phi) is 27.5. The maximum atomic E-state index is 12.8. The summed E-state index contributed by atoms with van der Waals surface area (Å²) in [4.78, 5) is 25.8. The highest BCUT2D eigenvalue weighted by Crippen LogP contribution is 2.39. The summed E-state index contributed by atoms with van der Waals surface area (Å²) in [5.74, 6) is 2.70. The second-order valence-corrected chi connectivity index (χ2v) is 28.9. The van der Waals surface area contributed by atoms with Crippen LogP contribution in [0.5, 0.6) is 17.2 Å². The van der Waals surface area contributed by atoms with Crippen LogP contribution in [0.4, 0.5) is 0 Å². The van der Waals surface area contributed by atoms with Crippen LogP contribution >= 0.6 is 0 Å². The molecule has 12 nitrogen and oxygen atoms in total. The molecule has 0 saturated heterocycles. The molecule has 0 saturated carbocycles. The second-order valence-electron chi connectivity index (χ2n) is 28.9. The standard InChI is InChI=1S/C93H102B2N8O4/c1-7-10-13-16-19-26-39-68(4)66-106-78-52-37-43-72(59-78)91-88-87(92(80(62-96)85-63-98-84-61-77(105-6)55-57-82(84)100-85)102(91)94(73-44-29-22-30-45-73)74-46-31-23-32-47-74)90(71-42-38-53-79(60-71)107-67-69(40-27-20-17-14-11-8-2)41-28-21-18-15-12-9-3)103(95(75-48-33-24-34-49-75)76-50-35-25-36-51-76)93(88)89(97-5)86-64-99-83-58-70(65-104)54-56-81(83)101-86/h22-25,29-38,42-61,63-64,68-69,104H,7-21,26-28,39-41,65-67H2,1-4,6H3/b92-80-,93-89+. The Morgan fingerprint density at radius 1 is 0.477 bits per heavy atom. The van der Waals surface area contributed by atoms with Crippen LogP contribution in [-0.4, -0.2) is 68.0 Å². The number of aliphatic hydroxyl groups is 1. The summed E-state index contributed by atoms with van der Waals surface area (Å²) in [6, 6.07) is 73.1. The lowest BCUT2D eigenvalue weighted by Gasteiger charge is -2.25. The number of fused-ring (bicyclic) bond motifs is 3. The van der Waals surface area contributed by atoms with Crippen molar-refractivity contribution in [3.8, 4) is 45.8 Å². The maximum absolute atomic E-state index is 12.8. The highest BCUT2D eigenvalue weighted by molar-refractivity contribution is 6.85. The van der Waals surface area contributed by atoms with Crippen molar-refractivity contribution in [2.75, 3.05) is 20.3 Å². The van der Waals surface area contributed by atoms with Gasteiger partial charge in [0.05, 0.1) is 72.8 Å². The molecule has 1 unspecified atom stereocenters. The average Bonchev–Trinajstić information content (AvgIpc) is 1.52. The van der Waals surface area contributed by atoms with Crippen LogP contribution in [0.25, 0.3) is 71.5 Å². The molecule has 0 radical (unpaired) electrons. The van der Waals surface area contributed by atoms with Crippen molar-refractivity contribution in [2.24, 2.45) is 11.8 Å². The number of nitrogens with zero attached hydrogens (tertiary/aromatic N) is 8. The first kappa shape index (κ1) is 76.1. The van der Waals surface area contributed by atoms with Crippen LogP contribution in [-0.2, 0) is 6.61 Å². The number of aromatic nitrogens is 6. The van der Waals surface area contributed by atoms with Gasteiger partial charge in [0.1, 0.15) is 34.6 Å². The third kappa shape index (κ3) is 18.7. The van der Waals surface area contributed by atoms with E-state index in [0.29, 0.717) is 97.0 Å². The predicted octanol–water partition coefficient (Wildman–Crippen LogP) is 18.5. The number of benzene rings is 8. The number of aliphatic hydroxyl groups excluding tert-OH is 1. The third-order valence-electron chi connectivity index (χ3n) is 21.1. The molecule has 4 heterocycles. The number of hydrogen-bond donors (Lipinski definition) is 1. The minimum atomic E-state index is -0.632. The van der Waals surface area contributed by atoms with Gasteiger partial charge in [0.15, 0.2) is 0 Å². The molecule has 0 aliphatic rings. The van der Waals surface area contributed by atoms with E-state index in [4.69, 9.17) is 39.0 Å². The van der Waals surface area contributed by atoms with Gasteiger partial charge in [-0.15, -0.1) is 0 Å². The Balaban J connectivity index is 1.25. The van der Waals surface area contributed by atoms with Gasteiger partial charge in [-0.3, -0.25) is 15.0 Å². The van der Waals surface area contributed by atoms with E-state index in [1.165, 1.54) is 109 Å². The Labute approximate surface area is 634 Å². The summed E-state index contributed by atoms with van der Waals surface area (Å²) in [6.45, 7) is 18.7. The Hall–Kier alpha value is -10.5. The summed E-state index contributed by atoms with van der Waals surface area (Å²) in [6.07, 6.45) is 28.8. The lowest BCUT2D eigenvalue weighted by molar-refractivity contribution is 0.224. The Bertz CT molecular complexity index is 4890. The number of ether oxygens (including phenoxy) is 3. The van der Waals surface area contributed by atoms with Crippen molar-refractivity contribution in [1.82, 2.24) is 28.9 Å². The molecular formula is C93H102B2N8O4. The Morgan fingerprint density at radius 3 is 1.40 bits per heavy atom. The molecule has 107 heavy (non-hydrogen) atoms. The molecule has 0 aliphatic carbocycles. The molecule has 0 bridgehead atoms. The Morgan fingerprint density at radius 2 is 0.916 bits per heavy atom. The van der Waals surface area contributed by atoms with Gasteiger partial charge in [0.2, 0.25) is 5.70 Å². The quantitative estimate of drug-likeness (QED) is 0.0227. The van der Waals surface area contributed by atoms with Gasteiger partial charge in [-0.1, -0.05) is 317 Å². The van der Waals surface area contributed by atoms with Gasteiger partial charge >= 0.3 is 13.7 Å². The minimum absolute atomic E-state index is 0.167. The zero-order valence-corrected chi connectivity index (χ0v) is 63.3. The molecule has 1 atom stereocenters. The van der Waals surface area contributed by atoms with E-state index >= 15 is 0 Å². The van der Waals surface area contributed by atoms with Crippen LogP contribution < -0.4 is 46.8 Å². The summed E-state index contributed by atoms with van der Waals surface area (Å²) in [5.41, 5.74) is 11.1. The molecule has 0 spiro atoms. The number of nitriles is 1. The fraction of sp³-hybridized carbons (Fsp3) is 0.333. The van der Waals surface area contributed by atoms with Crippen LogP contribution in [0.15, 0.2) is 219 Å². The first-order chi connectivity index (χ1) is 52.7. The van der Waals surface area contributed by atoms with Crippen LogP contribution in [0, 0.1) is 29.7 Å². The van der Waals surface area contributed by atoms with E-state index in [9.17, 15) is 16.9 Å². The number of rotatable bonds is 39. The van der Waals surface area contributed by atoms with Gasteiger partial charge in [-0.2, -0.15) is 5.26 Å². The molecule has 544 valence electrons. The van der Waals surface area contributed by atoms with Crippen LogP contribution in [0.3, 0.4) is 0 Å². The second kappa shape index (κ2) is 38.7. The number of unbranched alkanes of at least 4 members (excludes halogenated alkanes) is 15. The van der Waals surface area contributed by atoms with E-state index in [2.05, 4.69) is 182 Å².